The van der Waals surface area contributed by atoms with Crippen LogP contribution in [0.2, 0.25) is 0 Å². The number of aryl methyl sites for hydroxylation is 2. The molecule has 0 amide bonds. The first-order valence-electron chi connectivity index (χ1n) is 8.13. The van der Waals surface area contributed by atoms with E-state index in [1.165, 1.54) is 55.9 Å². The van der Waals surface area contributed by atoms with Gasteiger partial charge in [-0.3, -0.25) is 9.30 Å². The van der Waals surface area contributed by atoms with Crippen molar-refractivity contribution in [1.82, 2.24) is 19.6 Å². The molecule has 2 fully saturated rings. The minimum Gasteiger partial charge on any atom is -0.307 e. The molecule has 21 heavy (non-hydrogen) atoms. The molecule has 2 atom stereocenters. The number of aromatic nitrogens is 2. The summed E-state index contributed by atoms with van der Waals surface area (Å²) in [6.45, 7) is 7.84. The average molecular weight is 304 g/mol. The van der Waals surface area contributed by atoms with Crippen LogP contribution in [0.5, 0.6) is 0 Å². The van der Waals surface area contributed by atoms with Crippen molar-refractivity contribution in [1.29, 1.82) is 0 Å². The van der Waals surface area contributed by atoms with E-state index in [-0.39, 0.29) is 0 Å². The van der Waals surface area contributed by atoms with Gasteiger partial charge in [0.15, 0.2) is 4.96 Å². The Labute approximate surface area is 130 Å². The van der Waals surface area contributed by atoms with Gasteiger partial charge in [-0.2, -0.15) is 0 Å². The lowest BCUT2D eigenvalue weighted by Crippen LogP contribution is -2.44. The maximum absolute atomic E-state index is 4.69. The Kier molecular flexibility index (Phi) is 3.52. The van der Waals surface area contributed by atoms with Crippen LogP contribution in [-0.2, 0) is 6.54 Å². The summed E-state index contributed by atoms with van der Waals surface area (Å²) in [5.41, 5.74) is 3.83. The molecule has 2 aromatic rings. The third-order valence-corrected chi connectivity index (χ3v) is 6.16. The smallest absolute Gasteiger partial charge is 0.194 e. The number of nitrogens with one attached hydrogen (secondary N) is 1. The lowest BCUT2D eigenvalue weighted by atomic mass is 9.99. The van der Waals surface area contributed by atoms with E-state index in [1.54, 1.807) is 11.3 Å². The van der Waals surface area contributed by atoms with Crippen molar-refractivity contribution in [2.75, 3.05) is 13.1 Å². The molecule has 0 aromatic carbocycles. The van der Waals surface area contributed by atoms with Crippen LogP contribution in [-0.4, -0.2) is 39.5 Å². The number of rotatable bonds is 3. The molecule has 0 bridgehead atoms. The molecule has 2 saturated heterocycles. The van der Waals surface area contributed by atoms with Crippen LogP contribution >= 0.6 is 11.3 Å². The Hall–Kier alpha value is -0.910. The van der Waals surface area contributed by atoms with Crippen molar-refractivity contribution < 1.29 is 0 Å². The second kappa shape index (κ2) is 5.38. The van der Waals surface area contributed by atoms with Crippen molar-refractivity contribution in [3.8, 4) is 0 Å². The summed E-state index contributed by atoms with van der Waals surface area (Å²) in [7, 11) is 0. The van der Waals surface area contributed by atoms with Crippen LogP contribution < -0.4 is 5.32 Å². The summed E-state index contributed by atoms with van der Waals surface area (Å²) in [5.74, 6) is 0. The van der Waals surface area contributed by atoms with Gasteiger partial charge in [0.05, 0.1) is 11.4 Å². The minimum atomic E-state index is 0.661. The highest BCUT2D eigenvalue weighted by Crippen LogP contribution is 2.28. The SMILES string of the molecule is Cc1nc2scc(C)n2c1CNC1CCN2CCCCC12. The Bertz CT molecular complexity index is 644. The Morgan fingerprint density at radius 2 is 2.19 bits per heavy atom. The van der Waals surface area contributed by atoms with Gasteiger partial charge in [-0.1, -0.05) is 6.42 Å². The number of fused-ring (bicyclic) bond motifs is 2. The first-order chi connectivity index (χ1) is 10.2. The number of hydrogen-bond acceptors (Lipinski definition) is 4. The van der Waals surface area contributed by atoms with Crippen LogP contribution in [0.15, 0.2) is 5.38 Å². The van der Waals surface area contributed by atoms with E-state index in [9.17, 15) is 0 Å². The molecule has 2 aliphatic heterocycles. The number of hydrogen-bond donors (Lipinski definition) is 1. The lowest BCUT2D eigenvalue weighted by molar-refractivity contribution is 0.180. The fourth-order valence-corrected chi connectivity index (χ4v) is 5.02. The van der Waals surface area contributed by atoms with Gasteiger partial charge in [0.25, 0.3) is 0 Å². The molecule has 0 saturated carbocycles. The van der Waals surface area contributed by atoms with Crippen LogP contribution in [0.4, 0.5) is 0 Å². The van der Waals surface area contributed by atoms with Gasteiger partial charge in [0, 0.05) is 36.2 Å². The predicted octanol–water partition coefficient (Wildman–Crippen LogP) is 2.73. The second-order valence-electron chi connectivity index (χ2n) is 6.51. The van der Waals surface area contributed by atoms with E-state index in [0.29, 0.717) is 6.04 Å². The standard InChI is InChI=1S/C16H24N4S/c1-11-10-21-16-18-12(2)15(20(11)16)9-17-13-6-8-19-7-4-3-5-14(13)19/h10,13-14,17H,3-9H2,1-2H3. The monoisotopic (exact) mass is 304 g/mol. The van der Waals surface area contributed by atoms with Crippen molar-refractivity contribution >= 4 is 16.3 Å². The van der Waals surface area contributed by atoms with E-state index >= 15 is 0 Å². The van der Waals surface area contributed by atoms with Gasteiger partial charge in [0.2, 0.25) is 0 Å². The van der Waals surface area contributed by atoms with E-state index in [4.69, 9.17) is 4.98 Å². The van der Waals surface area contributed by atoms with E-state index in [2.05, 4.69) is 33.8 Å². The van der Waals surface area contributed by atoms with Crippen LogP contribution in [0.25, 0.3) is 4.96 Å². The zero-order valence-corrected chi connectivity index (χ0v) is 13.7. The largest absolute Gasteiger partial charge is 0.307 e. The minimum absolute atomic E-state index is 0.661. The van der Waals surface area contributed by atoms with E-state index in [1.807, 2.05) is 0 Å². The molecule has 0 aliphatic carbocycles. The summed E-state index contributed by atoms with van der Waals surface area (Å²) in [6, 6.07) is 1.43. The molecule has 2 aliphatic rings. The zero-order chi connectivity index (χ0) is 14.4. The quantitative estimate of drug-likeness (QED) is 0.946. The molecule has 0 radical (unpaired) electrons. The van der Waals surface area contributed by atoms with E-state index in [0.717, 1.165) is 17.5 Å². The highest BCUT2D eigenvalue weighted by atomic mass is 32.1. The Morgan fingerprint density at radius 3 is 3.10 bits per heavy atom. The maximum Gasteiger partial charge on any atom is 0.194 e. The summed E-state index contributed by atoms with van der Waals surface area (Å²) in [6.07, 6.45) is 5.46. The topological polar surface area (TPSA) is 32.6 Å². The number of nitrogens with zero attached hydrogens (tertiary/aromatic N) is 3. The van der Waals surface area contributed by atoms with Crippen molar-refractivity contribution in [3.63, 3.8) is 0 Å². The summed E-state index contributed by atoms with van der Waals surface area (Å²) in [4.78, 5) is 8.51. The third kappa shape index (κ3) is 2.31. The molecule has 2 aromatic heterocycles. The number of piperidine rings is 1. The molecule has 4 nitrogen and oxygen atoms in total. The zero-order valence-electron chi connectivity index (χ0n) is 12.9. The molecule has 1 N–H and O–H groups in total. The highest BCUT2D eigenvalue weighted by Gasteiger charge is 2.35. The van der Waals surface area contributed by atoms with Crippen molar-refractivity contribution in [2.45, 2.75) is 58.2 Å². The summed E-state index contributed by atoms with van der Waals surface area (Å²) in [5, 5.41) is 6.03. The molecule has 2 unspecified atom stereocenters. The van der Waals surface area contributed by atoms with Crippen molar-refractivity contribution in [2.24, 2.45) is 0 Å². The maximum atomic E-state index is 4.69. The normalized spacial score (nSPS) is 26.6. The molecule has 5 heteroatoms. The Morgan fingerprint density at radius 1 is 1.29 bits per heavy atom. The van der Waals surface area contributed by atoms with Crippen molar-refractivity contribution in [3.05, 3.63) is 22.5 Å². The predicted molar refractivity (Wildman–Crippen MR) is 87.0 cm³/mol. The number of thiazole rings is 1. The van der Waals surface area contributed by atoms with Gasteiger partial charge >= 0.3 is 0 Å². The first-order valence-corrected chi connectivity index (χ1v) is 9.01. The fraction of sp³-hybridized carbons (Fsp3) is 0.688. The molecule has 4 rings (SSSR count). The molecular formula is C16H24N4S. The second-order valence-corrected chi connectivity index (χ2v) is 7.35. The molecule has 0 spiro atoms. The van der Waals surface area contributed by atoms with Gasteiger partial charge in [0.1, 0.15) is 0 Å². The van der Waals surface area contributed by atoms with E-state index < -0.39 is 0 Å². The third-order valence-electron chi connectivity index (χ3n) is 5.22. The van der Waals surface area contributed by atoms with Crippen LogP contribution in [0.3, 0.4) is 0 Å². The van der Waals surface area contributed by atoms with Gasteiger partial charge in [-0.25, -0.2) is 4.98 Å². The molecular weight excluding hydrogens is 280 g/mol. The first kappa shape index (κ1) is 13.7. The van der Waals surface area contributed by atoms with Crippen LogP contribution in [0, 0.1) is 13.8 Å². The fourth-order valence-electron chi connectivity index (χ4n) is 4.09. The lowest BCUT2D eigenvalue weighted by Gasteiger charge is -2.32. The van der Waals surface area contributed by atoms with Gasteiger partial charge < -0.3 is 5.32 Å². The highest BCUT2D eigenvalue weighted by molar-refractivity contribution is 7.15. The average Bonchev–Trinajstić information content (AvgIpc) is 3.13. The molecule has 4 heterocycles. The number of imidazole rings is 1. The van der Waals surface area contributed by atoms with Crippen LogP contribution in [0.1, 0.15) is 42.8 Å². The van der Waals surface area contributed by atoms with Gasteiger partial charge in [-0.05, 0) is 39.7 Å². The summed E-state index contributed by atoms with van der Waals surface area (Å²) < 4.78 is 2.32. The Balaban J connectivity index is 1.51. The molecule has 114 valence electrons. The summed E-state index contributed by atoms with van der Waals surface area (Å²) >= 11 is 1.74. The van der Waals surface area contributed by atoms with Gasteiger partial charge in [-0.15, -0.1) is 11.3 Å².